The molecule has 3 rings (SSSR count). The summed E-state index contributed by atoms with van der Waals surface area (Å²) in [4.78, 5) is 25.0. The maximum absolute atomic E-state index is 14.0. The third-order valence-electron chi connectivity index (χ3n) is 3.88. The Balaban J connectivity index is 2.04. The fourth-order valence-electron chi connectivity index (χ4n) is 2.51. The van der Waals surface area contributed by atoms with Crippen molar-refractivity contribution in [3.05, 3.63) is 86.0 Å². The highest BCUT2D eigenvalue weighted by Crippen LogP contribution is 2.24. The molecular weight excluding hydrogens is 422 g/mol. The first kappa shape index (κ1) is 20.8. The van der Waals surface area contributed by atoms with Crippen molar-refractivity contribution in [2.45, 2.75) is 13.5 Å². The van der Waals surface area contributed by atoms with Crippen LogP contribution in [0.1, 0.15) is 23.0 Å². The molecule has 0 bridgehead atoms. The van der Waals surface area contributed by atoms with Gasteiger partial charge in [0.2, 0.25) is 5.69 Å². The van der Waals surface area contributed by atoms with Crippen molar-refractivity contribution in [3.63, 3.8) is 0 Å². The van der Waals surface area contributed by atoms with Gasteiger partial charge in [0.25, 0.3) is 5.56 Å². The van der Waals surface area contributed by atoms with Crippen molar-refractivity contribution >= 4 is 29.2 Å². The minimum absolute atomic E-state index is 0.0826. The van der Waals surface area contributed by atoms with E-state index in [9.17, 15) is 14.0 Å². The number of hydrogen-bond donors (Lipinski definition) is 0. The van der Waals surface area contributed by atoms with E-state index < -0.39 is 17.3 Å². The van der Waals surface area contributed by atoms with Crippen LogP contribution >= 0.6 is 23.2 Å². The second-order valence-corrected chi connectivity index (χ2v) is 6.58. The number of rotatable bonds is 6. The van der Waals surface area contributed by atoms with Crippen molar-refractivity contribution in [1.29, 1.82) is 0 Å². The summed E-state index contributed by atoms with van der Waals surface area (Å²) in [5.74, 6) is -1.54. The standard InChI is InChI=1S/C20H15Cl2FN2O4/c1-2-28-20(27)19-17(29-11-12-13(21)7-5-8-15(12)23)10-18(26)25(24-19)16-9-4-3-6-14(16)22/h3-10H,2,11H2,1H3. The van der Waals surface area contributed by atoms with E-state index in [1.54, 1.807) is 31.2 Å². The summed E-state index contributed by atoms with van der Waals surface area (Å²) in [7, 11) is 0. The molecule has 1 aromatic heterocycles. The fraction of sp³-hybridized carbons (Fsp3) is 0.150. The van der Waals surface area contributed by atoms with Crippen LogP contribution in [0.5, 0.6) is 5.75 Å². The Bertz CT molecular complexity index is 1100. The SMILES string of the molecule is CCOC(=O)c1nn(-c2ccccc2Cl)c(=O)cc1OCc1c(F)cccc1Cl. The van der Waals surface area contributed by atoms with Gasteiger partial charge in [-0.3, -0.25) is 4.79 Å². The van der Waals surface area contributed by atoms with E-state index in [0.29, 0.717) is 0 Å². The van der Waals surface area contributed by atoms with Crippen LogP contribution in [0.3, 0.4) is 0 Å². The van der Waals surface area contributed by atoms with E-state index in [1.165, 1.54) is 18.2 Å². The number of ether oxygens (including phenoxy) is 2. The molecule has 6 nitrogen and oxygen atoms in total. The molecule has 0 saturated heterocycles. The zero-order valence-corrected chi connectivity index (χ0v) is 16.7. The lowest BCUT2D eigenvalue weighted by Crippen LogP contribution is -2.25. The molecule has 0 atom stereocenters. The minimum Gasteiger partial charge on any atom is -0.486 e. The van der Waals surface area contributed by atoms with Gasteiger partial charge in [-0.25, -0.2) is 9.18 Å². The Hall–Kier alpha value is -2.90. The number of esters is 1. The van der Waals surface area contributed by atoms with Gasteiger partial charge in [0.15, 0.2) is 5.75 Å². The Labute approximate surface area is 175 Å². The Kier molecular flexibility index (Phi) is 6.51. The number of hydrogen-bond acceptors (Lipinski definition) is 5. The monoisotopic (exact) mass is 436 g/mol. The zero-order chi connectivity index (χ0) is 21.0. The first-order chi connectivity index (χ1) is 13.9. The predicted octanol–water partition coefficient (Wildman–Crippen LogP) is 4.43. The van der Waals surface area contributed by atoms with Crippen molar-refractivity contribution in [1.82, 2.24) is 9.78 Å². The van der Waals surface area contributed by atoms with Crippen molar-refractivity contribution in [3.8, 4) is 11.4 Å². The summed E-state index contributed by atoms with van der Waals surface area (Å²) in [6.07, 6.45) is 0. The third-order valence-corrected chi connectivity index (χ3v) is 4.55. The zero-order valence-electron chi connectivity index (χ0n) is 15.2. The van der Waals surface area contributed by atoms with Crippen LogP contribution in [0.15, 0.2) is 53.3 Å². The number of aromatic nitrogens is 2. The highest BCUT2D eigenvalue weighted by molar-refractivity contribution is 6.32. The second kappa shape index (κ2) is 9.07. The van der Waals surface area contributed by atoms with Gasteiger partial charge in [-0.2, -0.15) is 9.78 Å². The molecule has 3 aromatic rings. The quantitative estimate of drug-likeness (QED) is 0.534. The lowest BCUT2D eigenvalue weighted by atomic mass is 10.2. The third kappa shape index (κ3) is 4.58. The van der Waals surface area contributed by atoms with Crippen LogP contribution in [0.4, 0.5) is 4.39 Å². The lowest BCUT2D eigenvalue weighted by molar-refractivity contribution is 0.0511. The minimum atomic E-state index is -0.803. The highest BCUT2D eigenvalue weighted by Gasteiger charge is 2.21. The molecule has 1 heterocycles. The van der Waals surface area contributed by atoms with Crippen LogP contribution in [-0.4, -0.2) is 22.4 Å². The topological polar surface area (TPSA) is 70.4 Å². The van der Waals surface area contributed by atoms with Gasteiger partial charge in [-0.1, -0.05) is 41.4 Å². The van der Waals surface area contributed by atoms with Crippen LogP contribution in [-0.2, 0) is 11.3 Å². The van der Waals surface area contributed by atoms with E-state index in [1.807, 2.05) is 0 Å². The van der Waals surface area contributed by atoms with Gasteiger partial charge in [0.05, 0.1) is 28.4 Å². The van der Waals surface area contributed by atoms with Crippen LogP contribution in [0.25, 0.3) is 5.69 Å². The average molecular weight is 437 g/mol. The molecule has 0 aliphatic heterocycles. The number of nitrogens with zero attached hydrogens (tertiary/aromatic N) is 2. The smallest absolute Gasteiger partial charge is 0.362 e. The van der Waals surface area contributed by atoms with Crippen LogP contribution in [0, 0.1) is 5.82 Å². The average Bonchev–Trinajstić information content (AvgIpc) is 2.68. The highest BCUT2D eigenvalue weighted by atomic mass is 35.5. The number of carbonyl (C=O) groups is 1. The largest absolute Gasteiger partial charge is 0.486 e. The summed E-state index contributed by atoms with van der Waals surface area (Å²) >= 11 is 12.1. The molecule has 2 aromatic carbocycles. The summed E-state index contributed by atoms with van der Waals surface area (Å²) in [5.41, 5.74) is -0.479. The fourth-order valence-corrected chi connectivity index (χ4v) is 2.94. The summed E-state index contributed by atoms with van der Waals surface area (Å²) in [6.45, 7) is 1.40. The van der Waals surface area contributed by atoms with Crippen LogP contribution < -0.4 is 10.3 Å². The first-order valence-electron chi connectivity index (χ1n) is 8.54. The Morgan fingerprint density at radius 3 is 2.55 bits per heavy atom. The molecule has 0 amide bonds. The van der Waals surface area contributed by atoms with E-state index in [4.69, 9.17) is 32.7 Å². The molecular formula is C20H15Cl2FN2O4. The molecule has 29 heavy (non-hydrogen) atoms. The number of halogens is 3. The molecule has 0 radical (unpaired) electrons. The predicted molar refractivity (Wildman–Crippen MR) is 107 cm³/mol. The van der Waals surface area contributed by atoms with Gasteiger partial charge in [-0.05, 0) is 31.2 Å². The molecule has 9 heteroatoms. The Morgan fingerprint density at radius 1 is 1.14 bits per heavy atom. The summed E-state index contributed by atoms with van der Waals surface area (Å²) < 4.78 is 25.5. The lowest BCUT2D eigenvalue weighted by Gasteiger charge is -2.14. The van der Waals surface area contributed by atoms with E-state index in [2.05, 4.69) is 5.10 Å². The normalized spacial score (nSPS) is 10.6. The molecule has 150 valence electrons. The van der Waals surface area contributed by atoms with E-state index in [-0.39, 0.29) is 46.0 Å². The molecule has 0 N–H and O–H groups in total. The van der Waals surface area contributed by atoms with E-state index >= 15 is 0 Å². The second-order valence-electron chi connectivity index (χ2n) is 5.77. The van der Waals surface area contributed by atoms with Crippen molar-refractivity contribution < 1.29 is 18.7 Å². The summed E-state index contributed by atoms with van der Waals surface area (Å²) in [6, 6.07) is 11.8. The van der Waals surface area contributed by atoms with Crippen LogP contribution in [0.2, 0.25) is 10.0 Å². The maximum Gasteiger partial charge on any atom is 0.362 e. The maximum atomic E-state index is 14.0. The number of para-hydroxylation sites is 1. The Morgan fingerprint density at radius 2 is 1.86 bits per heavy atom. The van der Waals surface area contributed by atoms with Crippen molar-refractivity contribution in [2.24, 2.45) is 0 Å². The first-order valence-corrected chi connectivity index (χ1v) is 9.30. The molecule has 0 saturated carbocycles. The molecule has 0 aliphatic carbocycles. The molecule has 0 unspecified atom stereocenters. The number of benzene rings is 2. The number of carbonyl (C=O) groups excluding carboxylic acids is 1. The van der Waals surface area contributed by atoms with Gasteiger partial charge in [-0.15, -0.1) is 0 Å². The van der Waals surface area contributed by atoms with Gasteiger partial charge in [0, 0.05) is 5.56 Å². The molecule has 0 aliphatic rings. The van der Waals surface area contributed by atoms with Gasteiger partial charge < -0.3 is 9.47 Å². The van der Waals surface area contributed by atoms with Crippen molar-refractivity contribution in [2.75, 3.05) is 6.61 Å². The molecule has 0 fully saturated rings. The van der Waals surface area contributed by atoms with E-state index in [0.717, 1.165) is 10.7 Å². The molecule has 0 spiro atoms. The van der Waals surface area contributed by atoms with Gasteiger partial charge >= 0.3 is 5.97 Å². The van der Waals surface area contributed by atoms with Gasteiger partial charge in [0.1, 0.15) is 12.4 Å². The summed E-state index contributed by atoms with van der Waals surface area (Å²) in [5, 5.41) is 4.49.